The second-order valence-electron chi connectivity index (χ2n) is 4.69. The van der Waals surface area contributed by atoms with Crippen molar-refractivity contribution in [1.82, 2.24) is 15.0 Å². The van der Waals surface area contributed by atoms with Gasteiger partial charge in [0.25, 0.3) is 0 Å². The molecule has 2 rings (SSSR count). The summed E-state index contributed by atoms with van der Waals surface area (Å²) in [5, 5.41) is 13.2. The molecule has 1 aromatic rings. The molecule has 0 spiro atoms. The van der Waals surface area contributed by atoms with Crippen molar-refractivity contribution < 1.29 is 14.4 Å². The van der Waals surface area contributed by atoms with Crippen LogP contribution in [0, 0.1) is 6.92 Å². The van der Waals surface area contributed by atoms with E-state index in [1.807, 2.05) is 4.90 Å². The van der Waals surface area contributed by atoms with Gasteiger partial charge in [-0.3, -0.25) is 9.69 Å². The first-order chi connectivity index (χ1) is 8.02. The Balaban J connectivity index is 2.14. The van der Waals surface area contributed by atoms with E-state index in [0.717, 1.165) is 19.4 Å². The topological polar surface area (TPSA) is 79.5 Å². The van der Waals surface area contributed by atoms with Crippen LogP contribution in [0.1, 0.15) is 37.9 Å². The maximum Gasteiger partial charge on any atom is 0.323 e. The third-order valence-corrected chi connectivity index (χ3v) is 3.40. The molecular formula is C11H17N3O3. The summed E-state index contributed by atoms with van der Waals surface area (Å²) < 4.78 is 4.90. The second kappa shape index (κ2) is 4.44. The predicted octanol–water partition coefficient (Wildman–Crippen LogP) is 1.21. The molecule has 0 radical (unpaired) electrons. The summed E-state index contributed by atoms with van der Waals surface area (Å²) in [7, 11) is 0. The monoisotopic (exact) mass is 239 g/mol. The first kappa shape index (κ1) is 12.0. The number of aryl methyl sites for hydroxylation is 1. The van der Waals surface area contributed by atoms with Gasteiger partial charge in [-0.1, -0.05) is 5.16 Å². The quantitative estimate of drug-likeness (QED) is 0.854. The van der Waals surface area contributed by atoms with Gasteiger partial charge in [0, 0.05) is 6.92 Å². The van der Waals surface area contributed by atoms with Gasteiger partial charge in [0.05, 0.1) is 6.54 Å². The maximum atomic E-state index is 11.4. The molecule has 1 N–H and O–H groups in total. The summed E-state index contributed by atoms with van der Waals surface area (Å²) in [6.45, 7) is 4.68. The molecule has 2 heterocycles. The predicted molar refractivity (Wildman–Crippen MR) is 59.3 cm³/mol. The van der Waals surface area contributed by atoms with Crippen molar-refractivity contribution >= 4 is 5.97 Å². The first-order valence-electron chi connectivity index (χ1n) is 5.80. The third kappa shape index (κ3) is 2.31. The highest BCUT2D eigenvalue weighted by atomic mass is 16.5. The molecular weight excluding hydrogens is 222 g/mol. The van der Waals surface area contributed by atoms with Gasteiger partial charge in [0.15, 0.2) is 5.82 Å². The van der Waals surface area contributed by atoms with Crippen LogP contribution >= 0.6 is 0 Å². The normalized spacial score (nSPS) is 26.0. The van der Waals surface area contributed by atoms with Gasteiger partial charge in [-0.25, -0.2) is 0 Å². The Morgan fingerprint density at radius 3 is 2.94 bits per heavy atom. The minimum absolute atomic E-state index is 0.431. The maximum absolute atomic E-state index is 11.4. The summed E-state index contributed by atoms with van der Waals surface area (Å²) in [6.07, 6.45) is 2.63. The van der Waals surface area contributed by atoms with Gasteiger partial charge in [-0.05, 0) is 32.7 Å². The Morgan fingerprint density at radius 2 is 2.35 bits per heavy atom. The Kier molecular flexibility index (Phi) is 3.15. The van der Waals surface area contributed by atoms with E-state index in [0.29, 0.717) is 24.7 Å². The first-order valence-corrected chi connectivity index (χ1v) is 5.80. The van der Waals surface area contributed by atoms with Crippen LogP contribution in [0.25, 0.3) is 0 Å². The number of nitrogens with zero attached hydrogens (tertiary/aromatic N) is 3. The van der Waals surface area contributed by atoms with E-state index in [2.05, 4.69) is 10.1 Å². The fraction of sp³-hybridized carbons (Fsp3) is 0.727. The Labute approximate surface area is 99.6 Å². The van der Waals surface area contributed by atoms with Crippen molar-refractivity contribution in [3.05, 3.63) is 11.7 Å². The smallest absolute Gasteiger partial charge is 0.323 e. The van der Waals surface area contributed by atoms with Crippen LogP contribution in [0.2, 0.25) is 0 Å². The van der Waals surface area contributed by atoms with E-state index in [1.165, 1.54) is 0 Å². The number of carboxylic acids is 1. The summed E-state index contributed by atoms with van der Waals surface area (Å²) >= 11 is 0. The van der Waals surface area contributed by atoms with Crippen molar-refractivity contribution in [3.63, 3.8) is 0 Å². The molecule has 6 heteroatoms. The summed E-state index contributed by atoms with van der Waals surface area (Å²) in [5.74, 6) is 0.281. The summed E-state index contributed by atoms with van der Waals surface area (Å²) in [6, 6.07) is 0. The number of hydrogen-bond acceptors (Lipinski definition) is 5. The molecule has 0 amide bonds. The van der Waals surface area contributed by atoms with Crippen LogP contribution in [0.15, 0.2) is 4.52 Å². The SMILES string of the molecule is Cc1nc(CN2CCCCC2(C)C(=O)O)no1. The van der Waals surface area contributed by atoms with Gasteiger partial charge in [-0.15, -0.1) is 0 Å². The van der Waals surface area contributed by atoms with Crippen molar-refractivity contribution in [2.45, 2.75) is 45.2 Å². The fourth-order valence-electron chi connectivity index (χ4n) is 2.25. The molecule has 1 saturated heterocycles. The second-order valence-corrected chi connectivity index (χ2v) is 4.69. The number of aliphatic carboxylic acids is 1. The molecule has 1 aliphatic rings. The van der Waals surface area contributed by atoms with Gasteiger partial charge in [-0.2, -0.15) is 4.98 Å². The van der Waals surface area contributed by atoms with Crippen molar-refractivity contribution in [2.24, 2.45) is 0 Å². The van der Waals surface area contributed by atoms with Gasteiger partial charge in [0.1, 0.15) is 5.54 Å². The fourth-order valence-corrected chi connectivity index (χ4v) is 2.25. The molecule has 1 atom stereocenters. The summed E-state index contributed by atoms with van der Waals surface area (Å²) in [5.41, 5.74) is -0.813. The van der Waals surface area contributed by atoms with E-state index in [4.69, 9.17) is 4.52 Å². The molecule has 17 heavy (non-hydrogen) atoms. The number of likely N-dealkylation sites (tertiary alicyclic amines) is 1. The van der Waals surface area contributed by atoms with E-state index in [9.17, 15) is 9.90 Å². The largest absolute Gasteiger partial charge is 0.480 e. The number of aromatic nitrogens is 2. The number of hydrogen-bond donors (Lipinski definition) is 1. The molecule has 6 nitrogen and oxygen atoms in total. The molecule has 0 bridgehead atoms. The van der Waals surface area contributed by atoms with Crippen LogP contribution in [-0.2, 0) is 11.3 Å². The standard InChI is InChI=1S/C11H17N3O3/c1-8-12-9(13-17-8)7-14-6-4-3-5-11(14,2)10(15)16/h3-7H2,1-2H3,(H,15,16). The molecule has 1 unspecified atom stereocenters. The van der Waals surface area contributed by atoms with Crippen LogP contribution < -0.4 is 0 Å². The van der Waals surface area contributed by atoms with Gasteiger partial charge in [0.2, 0.25) is 5.89 Å². The zero-order chi connectivity index (χ0) is 12.5. The zero-order valence-electron chi connectivity index (χ0n) is 10.1. The van der Waals surface area contributed by atoms with E-state index < -0.39 is 11.5 Å². The van der Waals surface area contributed by atoms with Crippen molar-refractivity contribution in [1.29, 1.82) is 0 Å². The molecule has 0 aliphatic carbocycles. The molecule has 1 aromatic heterocycles. The Morgan fingerprint density at radius 1 is 1.59 bits per heavy atom. The number of piperidine rings is 1. The van der Waals surface area contributed by atoms with E-state index >= 15 is 0 Å². The van der Waals surface area contributed by atoms with Crippen molar-refractivity contribution in [2.75, 3.05) is 6.54 Å². The molecule has 1 fully saturated rings. The molecule has 1 aliphatic heterocycles. The van der Waals surface area contributed by atoms with Crippen LogP contribution in [0.5, 0.6) is 0 Å². The van der Waals surface area contributed by atoms with Crippen LogP contribution in [0.3, 0.4) is 0 Å². The number of carbonyl (C=O) groups is 1. The van der Waals surface area contributed by atoms with Crippen LogP contribution in [-0.4, -0.2) is 38.2 Å². The highest BCUT2D eigenvalue weighted by Gasteiger charge is 2.41. The minimum atomic E-state index is -0.813. The third-order valence-electron chi connectivity index (χ3n) is 3.40. The lowest BCUT2D eigenvalue weighted by Crippen LogP contribution is -2.54. The molecule has 0 saturated carbocycles. The van der Waals surface area contributed by atoms with Crippen LogP contribution in [0.4, 0.5) is 0 Å². The lowest BCUT2D eigenvalue weighted by atomic mass is 9.88. The Hall–Kier alpha value is -1.43. The van der Waals surface area contributed by atoms with Crippen molar-refractivity contribution in [3.8, 4) is 0 Å². The number of carboxylic acid groups (broad SMARTS) is 1. The highest BCUT2D eigenvalue weighted by molar-refractivity contribution is 5.78. The summed E-state index contributed by atoms with van der Waals surface area (Å²) in [4.78, 5) is 17.4. The van der Waals surface area contributed by atoms with E-state index in [-0.39, 0.29) is 0 Å². The molecule has 0 aromatic carbocycles. The average Bonchev–Trinajstić information content (AvgIpc) is 2.67. The lowest BCUT2D eigenvalue weighted by molar-refractivity contribution is -0.153. The van der Waals surface area contributed by atoms with Gasteiger partial charge >= 0.3 is 5.97 Å². The Bertz CT molecular complexity index is 418. The molecule has 94 valence electrons. The lowest BCUT2D eigenvalue weighted by Gasteiger charge is -2.40. The highest BCUT2D eigenvalue weighted by Crippen LogP contribution is 2.29. The van der Waals surface area contributed by atoms with E-state index in [1.54, 1.807) is 13.8 Å². The average molecular weight is 239 g/mol. The number of rotatable bonds is 3. The minimum Gasteiger partial charge on any atom is -0.480 e. The zero-order valence-corrected chi connectivity index (χ0v) is 10.1. The van der Waals surface area contributed by atoms with Gasteiger partial charge < -0.3 is 9.63 Å².